The van der Waals surface area contributed by atoms with Crippen molar-refractivity contribution >= 4 is 22.6 Å². The Morgan fingerprint density at radius 1 is 1.44 bits per heavy atom. The second-order valence-corrected chi connectivity index (χ2v) is 4.00. The smallest absolute Gasteiger partial charge is 0.333 e. The van der Waals surface area contributed by atoms with Crippen molar-refractivity contribution in [1.82, 2.24) is 0 Å². The molecule has 1 aromatic carbocycles. The fraction of sp³-hybridized carbons (Fsp3) is 0.250. The van der Waals surface area contributed by atoms with Gasteiger partial charge >= 0.3 is 5.97 Å². The molecule has 0 spiro atoms. The fourth-order valence-corrected chi connectivity index (χ4v) is 2.21. The lowest BCUT2D eigenvalue weighted by atomic mass is 9.92. The number of ether oxygens (including phenoxy) is 1. The first-order valence-corrected chi connectivity index (χ1v) is 5.30. The Kier molecular flexibility index (Phi) is 2.88. The Balaban J connectivity index is 2.51. The van der Waals surface area contributed by atoms with Crippen LogP contribution < -0.4 is 4.74 Å². The van der Waals surface area contributed by atoms with E-state index in [0.29, 0.717) is 23.4 Å². The number of methoxy groups -OCH3 is 1. The van der Waals surface area contributed by atoms with Gasteiger partial charge in [0.2, 0.25) is 0 Å². The van der Waals surface area contributed by atoms with Crippen LogP contribution in [-0.2, 0) is 11.2 Å². The van der Waals surface area contributed by atoms with Crippen molar-refractivity contribution in [2.24, 2.45) is 0 Å². The SMILES string of the molecule is COc1ccc2c(c1)CCC(C(=O)O)=C2Cl. The summed E-state index contributed by atoms with van der Waals surface area (Å²) in [4.78, 5) is 10.9. The van der Waals surface area contributed by atoms with Crippen molar-refractivity contribution in [2.45, 2.75) is 12.8 Å². The van der Waals surface area contributed by atoms with Gasteiger partial charge in [-0.25, -0.2) is 4.79 Å². The van der Waals surface area contributed by atoms with Crippen LogP contribution in [0, 0.1) is 0 Å². The van der Waals surface area contributed by atoms with E-state index < -0.39 is 5.97 Å². The molecule has 0 saturated carbocycles. The van der Waals surface area contributed by atoms with Gasteiger partial charge in [-0.05, 0) is 42.2 Å². The number of carbonyl (C=O) groups is 1. The normalized spacial score (nSPS) is 14.6. The highest BCUT2D eigenvalue weighted by atomic mass is 35.5. The summed E-state index contributed by atoms with van der Waals surface area (Å²) in [5.41, 5.74) is 2.12. The number of benzene rings is 1. The second kappa shape index (κ2) is 4.18. The first kappa shape index (κ1) is 11.0. The summed E-state index contributed by atoms with van der Waals surface area (Å²) in [6.45, 7) is 0. The molecule has 16 heavy (non-hydrogen) atoms. The number of carboxylic acids is 1. The van der Waals surface area contributed by atoms with Crippen LogP contribution in [0.5, 0.6) is 5.75 Å². The van der Waals surface area contributed by atoms with E-state index in [1.165, 1.54) is 0 Å². The molecular formula is C12H11ClO3. The molecule has 1 aliphatic rings. The Hall–Kier alpha value is -1.48. The van der Waals surface area contributed by atoms with Crippen LogP contribution in [0.3, 0.4) is 0 Å². The van der Waals surface area contributed by atoms with Crippen LogP contribution in [0.15, 0.2) is 23.8 Å². The maximum absolute atomic E-state index is 10.9. The minimum atomic E-state index is -0.938. The summed E-state index contributed by atoms with van der Waals surface area (Å²) in [5, 5.41) is 9.31. The highest BCUT2D eigenvalue weighted by molar-refractivity contribution is 6.51. The number of hydrogen-bond donors (Lipinski definition) is 1. The molecule has 0 radical (unpaired) electrons. The fourth-order valence-electron chi connectivity index (χ4n) is 1.85. The van der Waals surface area contributed by atoms with E-state index in [1.807, 2.05) is 6.07 Å². The molecular weight excluding hydrogens is 228 g/mol. The van der Waals surface area contributed by atoms with Gasteiger partial charge < -0.3 is 9.84 Å². The summed E-state index contributed by atoms with van der Waals surface area (Å²) in [6.07, 6.45) is 1.15. The Labute approximate surface area is 98.3 Å². The second-order valence-electron chi connectivity index (χ2n) is 3.62. The van der Waals surface area contributed by atoms with Crippen molar-refractivity contribution in [2.75, 3.05) is 7.11 Å². The predicted molar refractivity (Wildman–Crippen MR) is 61.7 cm³/mol. The largest absolute Gasteiger partial charge is 0.497 e. The van der Waals surface area contributed by atoms with Crippen LogP contribution >= 0.6 is 11.6 Å². The number of aryl methyl sites for hydroxylation is 1. The number of carboxylic acid groups (broad SMARTS) is 1. The van der Waals surface area contributed by atoms with Crippen molar-refractivity contribution in [1.29, 1.82) is 0 Å². The third-order valence-electron chi connectivity index (χ3n) is 2.72. The first-order chi connectivity index (χ1) is 7.63. The molecule has 0 aliphatic heterocycles. The number of aliphatic carboxylic acids is 1. The van der Waals surface area contributed by atoms with Crippen molar-refractivity contribution in [3.63, 3.8) is 0 Å². The predicted octanol–water partition coefficient (Wildman–Crippen LogP) is 2.68. The molecule has 84 valence electrons. The molecule has 2 rings (SSSR count). The van der Waals surface area contributed by atoms with E-state index in [9.17, 15) is 4.79 Å². The number of rotatable bonds is 2. The van der Waals surface area contributed by atoms with Gasteiger partial charge in [0.25, 0.3) is 0 Å². The first-order valence-electron chi connectivity index (χ1n) is 4.92. The molecule has 0 amide bonds. The molecule has 1 N–H and O–H groups in total. The minimum absolute atomic E-state index is 0.291. The lowest BCUT2D eigenvalue weighted by molar-refractivity contribution is -0.132. The van der Waals surface area contributed by atoms with Crippen molar-refractivity contribution in [3.8, 4) is 5.75 Å². The molecule has 3 nitrogen and oxygen atoms in total. The van der Waals surface area contributed by atoms with E-state index in [0.717, 1.165) is 16.9 Å². The van der Waals surface area contributed by atoms with Gasteiger partial charge in [0, 0.05) is 0 Å². The third-order valence-corrected chi connectivity index (χ3v) is 3.15. The molecule has 0 unspecified atom stereocenters. The van der Waals surface area contributed by atoms with E-state index in [4.69, 9.17) is 21.4 Å². The van der Waals surface area contributed by atoms with E-state index in [1.54, 1.807) is 19.2 Å². The highest BCUT2D eigenvalue weighted by Crippen LogP contribution is 2.35. The molecule has 0 fully saturated rings. The molecule has 4 heteroatoms. The molecule has 0 saturated heterocycles. The van der Waals surface area contributed by atoms with E-state index in [-0.39, 0.29) is 0 Å². The number of halogens is 1. The maximum Gasteiger partial charge on any atom is 0.333 e. The molecule has 1 aliphatic carbocycles. The molecule has 0 aromatic heterocycles. The van der Waals surface area contributed by atoms with Crippen LogP contribution in [0.4, 0.5) is 0 Å². The van der Waals surface area contributed by atoms with Crippen molar-refractivity contribution < 1.29 is 14.6 Å². The van der Waals surface area contributed by atoms with Gasteiger partial charge in [0.1, 0.15) is 5.75 Å². The standard InChI is InChI=1S/C12H11ClO3/c1-16-8-3-5-9-7(6-8)2-4-10(11(9)13)12(14)15/h3,5-6H,2,4H2,1H3,(H,14,15). The molecule has 0 atom stereocenters. The quantitative estimate of drug-likeness (QED) is 0.862. The molecule has 0 bridgehead atoms. The zero-order valence-electron chi connectivity index (χ0n) is 8.79. The minimum Gasteiger partial charge on any atom is -0.497 e. The summed E-state index contributed by atoms with van der Waals surface area (Å²) in [5.74, 6) is -0.173. The number of fused-ring (bicyclic) bond motifs is 1. The van der Waals surface area contributed by atoms with Gasteiger partial charge in [0.05, 0.1) is 17.7 Å². The highest BCUT2D eigenvalue weighted by Gasteiger charge is 2.22. The van der Waals surface area contributed by atoms with Crippen LogP contribution in [-0.4, -0.2) is 18.2 Å². The monoisotopic (exact) mass is 238 g/mol. The van der Waals surface area contributed by atoms with Gasteiger partial charge in [-0.2, -0.15) is 0 Å². The zero-order chi connectivity index (χ0) is 11.7. The summed E-state index contributed by atoms with van der Waals surface area (Å²) >= 11 is 6.06. The van der Waals surface area contributed by atoms with Gasteiger partial charge in [0.15, 0.2) is 0 Å². The average molecular weight is 239 g/mol. The summed E-state index contributed by atoms with van der Waals surface area (Å²) < 4.78 is 5.11. The van der Waals surface area contributed by atoms with Crippen molar-refractivity contribution in [3.05, 3.63) is 34.9 Å². The third kappa shape index (κ3) is 1.78. The average Bonchev–Trinajstić information content (AvgIpc) is 2.28. The molecule has 1 aromatic rings. The van der Waals surface area contributed by atoms with Gasteiger partial charge in [-0.3, -0.25) is 0 Å². The maximum atomic E-state index is 10.9. The van der Waals surface area contributed by atoms with E-state index >= 15 is 0 Å². The number of hydrogen-bond acceptors (Lipinski definition) is 2. The van der Waals surface area contributed by atoms with Crippen LogP contribution in [0.25, 0.3) is 5.03 Å². The van der Waals surface area contributed by atoms with Gasteiger partial charge in [-0.1, -0.05) is 11.6 Å². The zero-order valence-corrected chi connectivity index (χ0v) is 9.54. The Morgan fingerprint density at radius 2 is 2.19 bits per heavy atom. The van der Waals surface area contributed by atoms with Gasteiger partial charge in [-0.15, -0.1) is 0 Å². The van der Waals surface area contributed by atoms with Crippen LogP contribution in [0.1, 0.15) is 17.5 Å². The summed E-state index contributed by atoms with van der Waals surface area (Å²) in [7, 11) is 1.60. The lowest BCUT2D eigenvalue weighted by Crippen LogP contribution is -2.09. The van der Waals surface area contributed by atoms with Crippen LogP contribution in [0.2, 0.25) is 0 Å². The Bertz CT molecular complexity index is 477. The Morgan fingerprint density at radius 3 is 2.81 bits per heavy atom. The lowest BCUT2D eigenvalue weighted by Gasteiger charge is -2.18. The summed E-state index contributed by atoms with van der Waals surface area (Å²) in [6, 6.07) is 5.49. The molecule has 0 heterocycles. The topological polar surface area (TPSA) is 46.5 Å². The van der Waals surface area contributed by atoms with E-state index in [2.05, 4.69) is 0 Å².